The van der Waals surface area contributed by atoms with Crippen LogP contribution < -0.4 is 11.2 Å². The molecule has 2 aromatic rings. The summed E-state index contributed by atoms with van der Waals surface area (Å²) >= 11 is 0. The van der Waals surface area contributed by atoms with Crippen LogP contribution in [0.1, 0.15) is 41.2 Å². The first kappa shape index (κ1) is 15.3. The van der Waals surface area contributed by atoms with E-state index in [1.165, 1.54) is 5.56 Å². The molecule has 120 valence electrons. The van der Waals surface area contributed by atoms with Crippen LogP contribution in [0.2, 0.25) is 0 Å². The van der Waals surface area contributed by atoms with E-state index >= 15 is 0 Å². The molecule has 1 amide bonds. The van der Waals surface area contributed by atoms with Crippen molar-refractivity contribution in [2.75, 3.05) is 13.1 Å². The summed E-state index contributed by atoms with van der Waals surface area (Å²) in [6, 6.07) is 11.3. The Morgan fingerprint density at radius 1 is 1.09 bits per heavy atom. The maximum absolute atomic E-state index is 12.6. The van der Waals surface area contributed by atoms with Gasteiger partial charge in [0, 0.05) is 25.1 Å². The van der Waals surface area contributed by atoms with E-state index in [-0.39, 0.29) is 17.5 Å². The number of rotatable bonds is 2. The topological polar surface area (TPSA) is 86.0 Å². The molecule has 0 spiro atoms. The predicted octanol–water partition coefficient (Wildman–Crippen LogP) is 1.47. The summed E-state index contributed by atoms with van der Waals surface area (Å²) in [6.45, 7) is 1.23. The maximum atomic E-state index is 12.6. The average Bonchev–Trinajstić information content (AvgIpc) is 2.80. The SMILES string of the molecule is O=C(c1cc(=O)[nH]c(=O)[nH]1)N1CCCCC(c2ccccc2)C1. The molecular weight excluding hydrogens is 294 g/mol. The summed E-state index contributed by atoms with van der Waals surface area (Å²) in [4.78, 5) is 41.6. The zero-order chi connectivity index (χ0) is 16.2. The van der Waals surface area contributed by atoms with E-state index in [4.69, 9.17) is 0 Å². The summed E-state index contributed by atoms with van der Waals surface area (Å²) in [7, 11) is 0. The predicted molar refractivity (Wildman–Crippen MR) is 86.6 cm³/mol. The molecule has 2 heterocycles. The Hall–Kier alpha value is -2.63. The number of aromatic amines is 2. The molecule has 0 bridgehead atoms. The molecule has 1 fully saturated rings. The number of nitrogens with one attached hydrogen (secondary N) is 2. The van der Waals surface area contributed by atoms with Crippen molar-refractivity contribution < 1.29 is 4.79 Å². The van der Waals surface area contributed by atoms with Crippen molar-refractivity contribution in [2.24, 2.45) is 0 Å². The Balaban J connectivity index is 1.84. The zero-order valence-corrected chi connectivity index (χ0v) is 12.7. The van der Waals surface area contributed by atoms with Crippen LogP contribution in [0.5, 0.6) is 0 Å². The monoisotopic (exact) mass is 313 g/mol. The second-order valence-electron chi connectivity index (χ2n) is 5.86. The minimum Gasteiger partial charge on any atom is -0.337 e. The van der Waals surface area contributed by atoms with Crippen molar-refractivity contribution in [3.05, 3.63) is 68.5 Å². The fourth-order valence-corrected chi connectivity index (χ4v) is 3.08. The lowest BCUT2D eigenvalue weighted by Crippen LogP contribution is -2.37. The van der Waals surface area contributed by atoms with Gasteiger partial charge in [0.15, 0.2) is 0 Å². The van der Waals surface area contributed by atoms with Gasteiger partial charge in [-0.25, -0.2) is 4.79 Å². The van der Waals surface area contributed by atoms with Crippen molar-refractivity contribution in [3.8, 4) is 0 Å². The molecule has 1 aliphatic heterocycles. The fraction of sp³-hybridized carbons (Fsp3) is 0.353. The maximum Gasteiger partial charge on any atom is 0.326 e. The molecule has 1 atom stereocenters. The molecule has 0 aliphatic carbocycles. The molecule has 1 aromatic heterocycles. The zero-order valence-electron chi connectivity index (χ0n) is 12.7. The molecule has 2 N–H and O–H groups in total. The number of aromatic nitrogens is 2. The number of carbonyl (C=O) groups is 1. The quantitative estimate of drug-likeness (QED) is 0.880. The van der Waals surface area contributed by atoms with Gasteiger partial charge in [-0.15, -0.1) is 0 Å². The van der Waals surface area contributed by atoms with Crippen molar-refractivity contribution in [1.29, 1.82) is 0 Å². The minimum absolute atomic E-state index is 0.0486. The Labute approximate surface area is 133 Å². The lowest BCUT2D eigenvalue weighted by molar-refractivity contribution is 0.0748. The average molecular weight is 313 g/mol. The van der Waals surface area contributed by atoms with Gasteiger partial charge in [0.2, 0.25) is 0 Å². The largest absolute Gasteiger partial charge is 0.337 e. The van der Waals surface area contributed by atoms with Crippen molar-refractivity contribution >= 4 is 5.91 Å². The van der Waals surface area contributed by atoms with Gasteiger partial charge in [-0.2, -0.15) is 0 Å². The first-order valence-electron chi connectivity index (χ1n) is 7.81. The van der Waals surface area contributed by atoms with Crippen LogP contribution in [0.3, 0.4) is 0 Å². The lowest BCUT2D eigenvalue weighted by atomic mass is 9.94. The van der Waals surface area contributed by atoms with Crippen LogP contribution >= 0.6 is 0 Å². The molecular formula is C17H19N3O3. The van der Waals surface area contributed by atoms with E-state index in [1.807, 2.05) is 18.2 Å². The van der Waals surface area contributed by atoms with Crippen LogP contribution in [-0.2, 0) is 0 Å². The number of hydrogen-bond donors (Lipinski definition) is 2. The Morgan fingerprint density at radius 3 is 2.61 bits per heavy atom. The number of H-pyrrole nitrogens is 2. The highest BCUT2D eigenvalue weighted by atomic mass is 16.2. The summed E-state index contributed by atoms with van der Waals surface area (Å²) < 4.78 is 0. The first-order valence-corrected chi connectivity index (χ1v) is 7.81. The summed E-state index contributed by atoms with van der Waals surface area (Å²) in [5, 5.41) is 0. The van der Waals surface area contributed by atoms with E-state index in [9.17, 15) is 14.4 Å². The van der Waals surface area contributed by atoms with Gasteiger partial charge in [0.1, 0.15) is 5.69 Å². The molecule has 1 saturated heterocycles. The second kappa shape index (κ2) is 6.64. The van der Waals surface area contributed by atoms with Crippen LogP contribution in [-0.4, -0.2) is 33.9 Å². The second-order valence-corrected chi connectivity index (χ2v) is 5.86. The Bertz CT molecular complexity index is 766. The van der Waals surface area contributed by atoms with E-state index in [0.717, 1.165) is 25.3 Å². The van der Waals surface area contributed by atoms with Gasteiger partial charge < -0.3 is 9.88 Å². The Morgan fingerprint density at radius 2 is 1.87 bits per heavy atom. The fourth-order valence-electron chi connectivity index (χ4n) is 3.08. The number of carbonyl (C=O) groups excluding carboxylic acids is 1. The van der Waals surface area contributed by atoms with Crippen LogP contribution in [0, 0.1) is 0 Å². The first-order chi connectivity index (χ1) is 11.1. The van der Waals surface area contributed by atoms with Crippen molar-refractivity contribution in [3.63, 3.8) is 0 Å². The molecule has 1 unspecified atom stereocenters. The van der Waals surface area contributed by atoms with Gasteiger partial charge in [0.25, 0.3) is 11.5 Å². The molecule has 1 aliphatic rings. The summed E-state index contributed by atoms with van der Waals surface area (Å²) in [5.41, 5.74) is 0.0425. The standard InChI is InChI=1S/C17H19N3O3/c21-15-10-14(18-17(23)19-15)16(22)20-9-5-4-8-13(11-20)12-6-2-1-3-7-12/h1-3,6-7,10,13H,4-5,8-9,11H2,(H2,18,19,21,23). The molecule has 6 heteroatoms. The van der Waals surface area contributed by atoms with E-state index in [1.54, 1.807) is 4.90 Å². The number of hydrogen-bond acceptors (Lipinski definition) is 3. The molecule has 23 heavy (non-hydrogen) atoms. The lowest BCUT2D eigenvalue weighted by Gasteiger charge is -2.24. The molecule has 0 saturated carbocycles. The normalized spacial score (nSPS) is 18.4. The van der Waals surface area contributed by atoms with Gasteiger partial charge in [0.05, 0.1) is 0 Å². The number of benzene rings is 1. The number of nitrogens with zero attached hydrogens (tertiary/aromatic N) is 1. The van der Waals surface area contributed by atoms with Crippen LogP contribution in [0.25, 0.3) is 0 Å². The molecule has 6 nitrogen and oxygen atoms in total. The molecule has 3 rings (SSSR count). The minimum atomic E-state index is -0.657. The van der Waals surface area contributed by atoms with E-state index in [0.29, 0.717) is 13.1 Å². The number of amides is 1. The highest BCUT2D eigenvalue weighted by Gasteiger charge is 2.24. The summed E-state index contributed by atoms with van der Waals surface area (Å²) in [5.74, 6) is -0.0209. The van der Waals surface area contributed by atoms with Crippen LogP contribution in [0.15, 0.2) is 46.0 Å². The van der Waals surface area contributed by atoms with Crippen molar-refractivity contribution in [1.82, 2.24) is 14.9 Å². The number of likely N-dealkylation sites (tertiary alicyclic amines) is 1. The Kier molecular flexibility index (Phi) is 4.41. The third-order valence-electron chi connectivity index (χ3n) is 4.22. The molecule has 1 aromatic carbocycles. The van der Waals surface area contributed by atoms with Crippen molar-refractivity contribution in [2.45, 2.75) is 25.2 Å². The van der Waals surface area contributed by atoms with Gasteiger partial charge >= 0.3 is 5.69 Å². The van der Waals surface area contributed by atoms with E-state index in [2.05, 4.69) is 22.1 Å². The highest BCUT2D eigenvalue weighted by molar-refractivity contribution is 5.92. The molecule has 0 radical (unpaired) electrons. The van der Waals surface area contributed by atoms with Crippen LogP contribution in [0.4, 0.5) is 0 Å². The van der Waals surface area contributed by atoms with Gasteiger partial charge in [-0.3, -0.25) is 14.6 Å². The van der Waals surface area contributed by atoms with E-state index < -0.39 is 11.2 Å². The van der Waals surface area contributed by atoms with Gasteiger partial charge in [-0.05, 0) is 18.4 Å². The summed E-state index contributed by atoms with van der Waals surface area (Å²) in [6.07, 6.45) is 3.00. The highest BCUT2D eigenvalue weighted by Crippen LogP contribution is 2.26. The third-order valence-corrected chi connectivity index (χ3v) is 4.22. The third kappa shape index (κ3) is 3.59. The smallest absolute Gasteiger partial charge is 0.326 e. The van der Waals surface area contributed by atoms with Gasteiger partial charge in [-0.1, -0.05) is 36.8 Å².